The summed E-state index contributed by atoms with van der Waals surface area (Å²) < 4.78 is 6.06. The highest BCUT2D eigenvalue weighted by molar-refractivity contribution is 14.0. The van der Waals surface area contributed by atoms with Gasteiger partial charge in [0.2, 0.25) is 0 Å². The third-order valence-electron chi connectivity index (χ3n) is 5.70. The Morgan fingerprint density at radius 3 is 3.00 bits per heavy atom. The van der Waals surface area contributed by atoms with Gasteiger partial charge in [0.15, 0.2) is 5.96 Å². The molecule has 2 N–H and O–H groups in total. The zero-order valence-electron chi connectivity index (χ0n) is 17.9. The van der Waals surface area contributed by atoms with Crippen molar-refractivity contribution in [1.82, 2.24) is 25.1 Å². The van der Waals surface area contributed by atoms with Gasteiger partial charge >= 0.3 is 0 Å². The van der Waals surface area contributed by atoms with Crippen molar-refractivity contribution in [3.05, 3.63) is 42.4 Å². The highest BCUT2D eigenvalue weighted by Gasteiger charge is 2.32. The maximum absolute atomic E-state index is 6.06. The number of ether oxygens (including phenoxy) is 1. The number of nitrogens with one attached hydrogen (secondary N) is 2. The van der Waals surface area contributed by atoms with Crippen molar-refractivity contribution in [3.8, 4) is 11.3 Å². The lowest BCUT2D eigenvalue weighted by atomic mass is 10.2. The number of aromatic nitrogens is 2. The number of guanidine groups is 1. The summed E-state index contributed by atoms with van der Waals surface area (Å²) in [5.74, 6) is 1.81. The van der Waals surface area contributed by atoms with Gasteiger partial charge in [0.25, 0.3) is 0 Å². The summed E-state index contributed by atoms with van der Waals surface area (Å²) in [5.41, 5.74) is 2.18. The summed E-state index contributed by atoms with van der Waals surface area (Å²) in [7, 11) is 2.05. The third kappa shape index (κ3) is 5.73. The van der Waals surface area contributed by atoms with Crippen molar-refractivity contribution < 1.29 is 4.74 Å². The molecular formula is C22H33IN6O. The van der Waals surface area contributed by atoms with Gasteiger partial charge in [-0.2, -0.15) is 0 Å². The molecule has 3 heterocycles. The predicted octanol–water partition coefficient (Wildman–Crippen LogP) is 2.96. The number of hydrogen-bond donors (Lipinski definition) is 2. The number of imidazole rings is 1. The molecule has 0 bridgehead atoms. The zero-order valence-corrected chi connectivity index (χ0v) is 20.2. The van der Waals surface area contributed by atoms with E-state index >= 15 is 0 Å². The van der Waals surface area contributed by atoms with E-state index in [0.29, 0.717) is 19.1 Å². The van der Waals surface area contributed by atoms with Crippen LogP contribution in [0, 0.1) is 0 Å². The second kappa shape index (κ2) is 11.1. The van der Waals surface area contributed by atoms with Crippen molar-refractivity contribution in [2.75, 3.05) is 39.8 Å². The van der Waals surface area contributed by atoms with E-state index in [1.54, 1.807) is 0 Å². The maximum Gasteiger partial charge on any atom is 0.194 e. The summed E-state index contributed by atoms with van der Waals surface area (Å²) in [5, 5.41) is 3.39. The monoisotopic (exact) mass is 524 g/mol. The number of benzene rings is 1. The number of H-pyrrole nitrogens is 1. The Morgan fingerprint density at radius 1 is 1.37 bits per heavy atom. The van der Waals surface area contributed by atoms with Gasteiger partial charge in [-0.15, -0.1) is 24.0 Å². The molecule has 1 aromatic heterocycles. The molecule has 1 aromatic carbocycles. The van der Waals surface area contributed by atoms with Crippen molar-refractivity contribution in [2.24, 2.45) is 4.99 Å². The van der Waals surface area contributed by atoms with E-state index in [1.807, 2.05) is 31.4 Å². The van der Waals surface area contributed by atoms with E-state index in [2.05, 4.69) is 44.1 Å². The Hall–Kier alpha value is -1.65. The number of aromatic amines is 1. The van der Waals surface area contributed by atoms with E-state index in [0.717, 1.165) is 42.7 Å². The van der Waals surface area contributed by atoms with Gasteiger partial charge in [0.1, 0.15) is 5.82 Å². The lowest BCUT2D eigenvalue weighted by molar-refractivity contribution is -0.0432. The average Bonchev–Trinajstić information content (AvgIpc) is 3.40. The van der Waals surface area contributed by atoms with Gasteiger partial charge in [-0.25, -0.2) is 4.98 Å². The minimum Gasteiger partial charge on any atom is -0.373 e. The lowest BCUT2D eigenvalue weighted by Gasteiger charge is -2.34. The van der Waals surface area contributed by atoms with Crippen LogP contribution >= 0.6 is 24.0 Å². The minimum atomic E-state index is 0. The number of hydrogen-bond acceptors (Lipinski definition) is 4. The molecule has 0 spiro atoms. The summed E-state index contributed by atoms with van der Waals surface area (Å²) in [6, 6.07) is 10.9. The molecule has 2 aliphatic heterocycles. The number of aliphatic imine (C=N–C) groups is 1. The molecule has 164 valence electrons. The normalized spacial score (nSPS) is 21.7. The molecule has 2 unspecified atom stereocenters. The highest BCUT2D eigenvalue weighted by Crippen LogP contribution is 2.22. The standard InChI is InChI=1S/C22H32N6O.HI/c1-3-23-22(25-12-19-14-28-11-7-10-18(28)16-29-19)27(2)15-21-24-13-20(26-21)17-8-5-4-6-9-17;/h4-6,8-9,13,18-19H,3,7,10-12,14-16H2,1-2H3,(H,23,25)(H,24,26);1H. The van der Waals surface area contributed by atoms with E-state index in [1.165, 1.54) is 19.4 Å². The van der Waals surface area contributed by atoms with Crippen LogP contribution in [0.1, 0.15) is 25.6 Å². The first kappa shape index (κ1) is 23.0. The summed E-state index contributed by atoms with van der Waals surface area (Å²) >= 11 is 0. The fourth-order valence-corrected chi connectivity index (χ4v) is 4.16. The maximum atomic E-state index is 6.06. The van der Waals surface area contributed by atoms with Gasteiger partial charge in [0.05, 0.1) is 37.7 Å². The number of rotatable bonds is 6. The smallest absolute Gasteiger partial charge is 0.194 e. The third-order valence-corrected chi connectivity index (χ3v) is 5.70. The SMILES string of the molecule is CCNC(=NCC1CN2CCCC2CO1)N(C)Cc1ncc(-c2ccccc2)[nH]1.I. The van der Waals surface area contributed by atoms with Crippen LogP contribution in [0.3, 0.4) is 0 Å². The summed E-state index contributed by atoms with van der Waals surface area (Å²) in [4.78, 5) is 17.5. The van der Waals surface area contributed by atoms with E-state index in [4.69, 9.17) is 9.73 Å². The Morgan fingerprint density at radius 2 is 2.20 bits per heavy atom. The van der Waals surface area contributed by atoms with Crippen molar-refractivity contribution in [2.45, 2.75) is 38.5 Å². The molecule has 8 heteroatoms. The molecule has 4 rings (SSSR count). The second-order valence-electron chi connectivity index (χ2n) is 7.91. The van der Waals surface area contributed by atoms with Crippen LogP contribution in [-0.2, 0) is 11.3 Å². The van der Waals surface area contributed by atoms with Crippen molar-refractivity contribution in [3.63, 3.8) is 0 Å². The Bertz CT molecular complexity index is 811. The molecule has 2 fully saturated rings. The van der Waals surface area contributed by atoms with Gasteiger partial charge < -0.3 is 19.9 Å². The zero-order chi connectivity index (χ0) is 20.1. The van der Waals surface area contributed by atoms with E-state index in [9.17, 15) is 0 Å². The second-order valence-corrected chi connectivity index (χ2v) is 7.91. The molecule has 2 aromatic rings. The highest BCUT2D eigenvalue weighted by atomic mass is 127. The molecule has 2 saturated heterocycles. The summed E-state index contributed by atoms with van der Waals surface area (Å²) in [6.45, 7) is 7.32. The van der Waals surface area contributed by atoms with Gasteiger partial charge in [-0.1, -0.05) is 30.3 Å². The lowest BCUT2D eigenvalue weighted by Crippen LogP contribution is -2.47. The summed E-state index contributed by atoms with van der Waals surface area (Å²) in [6.07, 6.45) is 4.64. The van der Waals surface area contributed by atoms with Crippen LogP contribution in [0.5, 0.6) is 0 Å². The van der Waals surface area contributed by atoms with Crippen LogP contribution in [-0.4, -0.2) is 77.7 Å². The number of morpholine rings is 1. The molecule has 0 radical (unpaired) electrons. The number of nitrogens with zero attached hydrogens (tertiary/aromatic N) is 4. The Labute approximate surface area is 196 Å². The quantitative estimate of drug-likeness (QED) is 0.346. The Kier molecular flexibility index (Phi) is 8.52. The molecule has 30 heavy (non-hydrogen) atoms. The molecule has 0 saturated carbocycles. The van der Waals surface area contributed by atoms with Crippen molar-refractivity contribution in [1.29, 1.82) is 0 Å². The first-order valence-corrected chi connectivity index (χ1v) is 10.7. The van der Waals surface area contributed by atoms with Crippen LogP contribution in [0.15, 0.2) is 41.5 Å². The van der Waals surface area contributed by atoms with Gasteiger partial charge in [-0.3, -0.25) is 9.89 Å². The Balaban J connectivity index is 0.00000256. The van der Waals surface area contributed by atoms with Gasteiger partial charge in [-0.05, 0) is 31.9 Å². The molecule has 0 aliphatic carbocycles. The van der Waals surface area contributed by atoms with Gasteiger partial charge in [0, 0.05) is 26.2 Å². The fraction of sp³-hybridized carbons (Fsp3) is 0.545. The largest absolute Gasteiger partial charge is 0.373 e. The molecular weight excluding hydrogens is 491 g/mol. The van der Waals surface area contributed by atoms with E-state index < -0.39 is 0 Å². The average molecular weight is 524 g/mol. The number of fused-ring (bicyclic) bond motifs is 1. The minimum absolute atomic E-state index is 0. The van der Waals surface area contributed by atoms with E-state index in [-0.39, 0.29) is 30.1 Å². The van der Waals surface area contributed by atoms with Crippen molar-refractivity contribution >= 4 is 29.9 Å². The first-order chi connectivity index (χ1) is 14.2. The topological polar surface area (TPSA) is 68.8 Å². The molecule has 7 nitrogen and oxygen atoms in total. The molecule has 2 atom stereocenters. The molecule has 0 amide bonds. The van der Waals surface area contributed by atoms with Crippen LogP contribution < -0.4 is 5.32 Å². The van der Waals surface area contributed by atoms with Crippen LogP contribution in [0.4, 0.5) is 0 Å². The number of halogens is 1. The molecule has 2 aliphatic rings. The van der Waals surface area contributed by atoms with Crippen LogP contribution in [0.25, 0.3) is 11.3 Å². The predicted molar refractivity (Wildman–Crippen MR) is 131 cm³/mol. The first-order valence-electron chi connectivity index (χ1n) is 10.7. The fourth-order valence-electron chi connectivity index (χ4n) is 4.16. The van der Waals surface area contributed by atoms with Crippen LogP contribution in [0.2, 0.25) is 0 Å².